The topological polar surface area (TPSA) is 21.3 Å². The summed E-state index contributed by atoms with van der Waals surface area (Å²) < 4.78 is 8.93. The first kappa shape index (κ1) is 39.9. The lowest BCUT2D eigenvalue weighted by Crippen LogP contribution is -2.28. The molecule has 0 fully saturated rings. The van der Waals surface area contributed by atoms with E-state index in [-0.39, 0.29) is 0 Å². The van der Waals surface area contributed by atoms with Gasteiger partial charge >= 0.3 is 0 Å². The maximum atomic E-state index is 6.56. The minimum atomic E-state index is -0.487. The summed E-state index contributed by atoms with van der Waals surface area (Å²) in [5.41, 5.74) is 20.1. The van der Waals surface area contributed by atoms with Gasteiger partial charge in [0.15, 0.2) is 0 Å². The van der Waals surface area contributed by atoms with Crippen molar-refractivity contribution in [3.05, 3.63) is 289 Å². The zero-order valence-corrected chi connectivity index (χ0v) is 38.2. The number of benzene rings is 11. The molecule has 0 unspecified atom stereocenters. The number of furan rings is 1. The van der Waals surface area contributed by atoms with E-state index in [1.165, 1.54) is 66.3 Å². The van der Waals surface area contributed by atoms with Crippen LogP contribution in [0.1, 0.15) is 22.3 Å². The number of anilines is 3. The van der Waals surface area contributed by atoms with Gasteiger partial charge in [-0.05, 0) is 134 Å². The van der Waals surface area contributed by atoms with Crippen LogP contribution in [0.4, 0.5) is 17.1 Å². The molecule has 3 nitrogen and oxygen atoms in total. The van der Waals surface area contributed by atoms with Crippen LogP contribution in [0.3, 0.4) is 0 Å². The van der Waals surface area contributed by atoms with Gasteiger partial charge < -0.3 is 13.9 Å². The third-order valence-electron chi connectivity index (χ3n) is 14.6. The molecule has 0 bridgehead atoms. The van der Waals surface area contributed by atoms with Crippen molar-refractivity contribution in [1.29, 1.82) is 0 Å². The lowest BCUT2D eigenvalue weighted by Gasteiger charge is -2.34. The molecule has 14 rings (SSSR count). The van der Waals surface area contributed by atoms with E-state index in [9.17, 15) is 0 Å². The fourth-order valence-electron chi connectivity index (χ4n) is 11.6. The van der Waals surface area contributed by atoms with Crippen LogP contribution in [-0.4, -0.2) is 4.57 Å². The highest BCUT2D eigenvalue weighted by Crippen LogP contribution is 2.57. The highest BCUT2D eigenvalue weighted by atomic mass is 16.3. The summed E-state index contributed by atoms with van der Waals surface area (Å²) in [7, 11) is 0. The van der Waals surface area contributed by atoms with E-state index in [4.69, 9.17) is 4.42 Å². The number of hydrogen-bond acceptors (Lipinski definition) is 2. The quantitative estimate of drug-likeness (QED) is 0.152. The maximum Gasteiger partial charge on any atom is 0.137 e. The molecule has 2 heterocycles. The first-order chi connectivity index (χ1) is 34.7. The van der Waals surface area contributed by atoms with Crippen LogP contribution in [0.25, 0.3) is 82.8 Å². The Bertz CT molecular complexity index is 4090. The van der Waals surface area contributed by atoms with Crippen LogP contribution < -0.4 is 4.90 Å². The van der Waals surface area contributed by atoms with E-state index >= 15 is 0 Å². The smallest absolute Gasteiger partial charge is 0.137 e. The van der Waals surface area contributed by atoms with Crippen LogP contribution in [-0.2, 0) is 5.41 Å². The molecule has 2 aromatic heterocycles. The summed E-state index contributed by atoms with van der Waals surface area (Å²) in [6, 6.07) is 97.3. The predicted molar refractivity (Wildman–Crippen MR) is 291 cm³/mol. The first-order valence-corrected chi connectivity index (χ1v) is 24.1. The van der Waals surface area contributed by atoms with Gasteiger partial charge in [-0.3, -0.25) is 0 Å². The van der Waals surface area contributed by atoms with E-state index in [2.05, 4.69) is 270 Å². The SMILES string of the molecule is c1ccc(-n2c3ccccc3c3cc(-c4cccc(-c5cccc(N(c6ccc7c(c6)-c6ccccc6C7(c6ccccc6)c6ccccc6)c6ccc7c(c6)oc6ccccc67)c5)c4)ccc32)cc1. The summed E-state index contributed by atoms with van der Waals surface area (Å²) in [6.45, 7) is 0. The Balaban J connectivity index is 0.920. The molecule has 0 spiro atoms. The van der Waals surface area contributed by atoms with Gasteiger partial charge in [-0.15, -0.1) is 0 Å². The molecule has 70 heavy (non-hydrogen) atoms. The van der Waals surface area contributed by atoms with Crippen LogP contribution in [0, 0.1) is 0 Å². The molecule has 1 aliphatic rings. The van der Waals surface area contributed by atoms with Crippen LogP contribution in [0.5, 0.6) is 0 Å². The Hall–Kier alpha value is -9.18. The van der Waals surface area contributed by atoms with Crippen molar-refractivity contribution in [2.75, 3.05) is 4.90 Å². The number of aromatic nitrogens is 1. The average Bonchev–Trinajstić information content (AvgIpc) is 4.08. The van der Waals surface area contributed by atoms with E-state index < -0.39 is 5.41 Å². The molecule has 0 amide bonds. The standard InChI is InChI=1S/C67H44N2O/c1-4-21-49(22-5-1)67(50-23-6-2-7-24-50)61-31-13-10-28-55(61)59-43-53(36-38-62(59)67)68(54-35-37-58-57-30-12-15-33-65(57)70-66(58)44-54)52-27-17-20-47(41-52)45-18-16-19-46(40-45)48-34-39-64-60(42-48)56-29-11-14-32-63(56)69(64)51-25-8-3-9-26-51/h1-44H. The Morgan fingerprint density at radius 3 is 1.66 bits per heavy atom. The largest absolute Gasteiger partial charge is 0.456 e. The second-order valence-corrected chi connectivity index (χ2v) is 18.4. The van der Waals surface area contributed by atoms with Crippen LogP contribution >= 0.6 is 0 Å². The molecule has 0 radical (unpaired) electrons. The summed E-state index contributed by atoms with van der Waals surface area (Å²) in [6.07, 6.45) is 0. The van der Waals surface area contributed by atoms with Gasteiger partial charge in [0.25, 0.3) is 0 Å². The summed E-state index contributed by atoms with van der Waals surface area (Å²) in [5, 5.41) is 4.70. The summed E-state index contributed by atoms with van der Waals surface area (Å²) in [5.74, 6) is 0. The molecule has 0 N–H and O–H groups in total. The van der Waals surface area contributed by atoms with E-state index in [0.717, 1.165) is 55.8 Å². The Labute approximate surface area is 406 Å². The summed E-state index contributed by atoms with van der Waals surface area (Å²) in [4.78, 5) is 2.39. The molecule has 0 saturated carbocycles. The van der Waals surface area contributed by atoms with Gasteiger partial charge in [0.05, 0.1) is 16.4 Å². The Kier molecular flexibility index (Phi) is 9.11. The number of fused-ring (bicyclic) bond motifs is 9. The number of rotatable bonds is 8. The predicted octanol–water partition coefficient (Wildman–Crippen LogP) is 17.8. The average molecular weight is 893 g/mol. The number of nitrogens with zero attached hydrogens (tertiary/aromatic N) is 2. The normalized spacial score (nSPS) is 12.7. The third kappa shape index (κ3) is 6.15. The second kappa shape index (κ2) is 16.0. The minimum absolute atomic E-state index is 0.487. The Morgan fingerprint density at radius 1 is 0.314 bits per heavy atom. The molecule has 11 aromatic carbocycles. The number of hydrogen-bond donors (Lipinski definition) is 0. The fourth-order valence-corrected chi connectivity index (χ4v) is 11.6. The lowest BCUT2D eigenvalue weighted by molar-refractivity contribution is 0.669. The van der Waals surface area contributed by atoms with Crippen molar-refractivity contribution >= 4 is 60.8 Å². The van der Waals surface area contributed by atoms with Gasteiger partial charge in [-0.1, -0.05) is 182 Å². The first-order valence-electron chi connectivity index (χ1n) is 24.1. The van der Waals surface area contributed by atoms with E-state index in [1.54, 1.807) is 0 Å². The van der Waals surface area contributed by atoms with E-state index in [1.807, 2.05) is 6.07 Å². The molecule has 0 atom stereocenters. The van der Waals surface area contributed by atoms with Crippen molar-refractivity contribution in [3.8, 4) is 39.1 Å². The van der Waals surface area contributed by atoms with Crippen molar-refractivity contribution in [2.45, 2.75) is 5.41 Å². The summed E-state index contributed by atoms with van der Waals surface area (Å²) >= 11 is 0. The van der Waals surface area contributed by atoms with Crippen molar-refractivity contribution in [2.24, 2.45) is 0 Å². The van der Waals surface area contributed by atoms with Gasteiger partial charge in [0.2, 0.25) is 0 Å². The van der Waals surface area contributed by atoms with Gasteiger partial charge in [0.1, 0.15) is 11.2 Å². The molecule has 3 heteroatoms. The molecule has 1 aliphatic carbocycles. The monoisotopic (exact) mass is 892 g/mol. The highest BCUT2D eigenvalue weighted by Gasteiger charge is 2.46. The molecular formula is C67H44N2O. The van der Waals surface area contributed by atoms with Crippen molar-refractivity contribution < 1.29 is 4.42 Å². The Morgan fingerprint density at radius 2 is 0.871 bits per heavy atom. The molecular weight excluding hydrogens is 849 g/mol. The molecule has 0 aliphatic heterocycles. The second-order valence-electron chi connectivity index (χ2n) is 18.4. The molecule has 328 valence electrons. The minimum Gasteiger partial charge on any atom is -0.456 e. The van der Waals surface area contributed by atoms with Crippen molar-refractivity contribution in [3.63, 3.8) is 0 Å². The van der Waals surface area contributed by atoms with Crippen molar-refractivity contribution in [1.82, 2.24) is 4.57 Å². The van der Waals surface area contributed by atoms with Gasteiger partial charge in [-0.25, -0.2) is 0 Å². The zero-order valence-electron chi connectivity index (χ0n) is 38.2. The molecule has 13 aromatic rings. The number of para-hydroxylation sites is 3. The zero-order chi connectivity index (χ0) is 46.2. The fraction of sp³-hybridized carbons (Fsp3) is 0.0149. The maximum absolute atomic E-state index is 6.56. The van der Waals surface area contributed by atoms with Crippen LogP contribution in [0.15, 0.2) is 271 Å². The third-order valence-corrected chi connectivity index (χ3v) is 14.6. The van der Waals surface area contributed by atoms with E-state index in [0.29, 0.717) is 0 Å². The highest BCUT2D eigenvalue weighted by molar-refractivity contribution is 6.11. The molecule has 0 saturated heterocycles. The van der Waals surface area contributed by atoms with Gasteiger partial charge in [-0.2, -0.15) is 0 Å². The van der Waals surface area contributed by atoms with Crippen LogP contribution in [0.2, 0.25) is 0 Å². The van der Waals surface area contributed by atoms with Gasteiger partial charge in [0, 0.05) is 50.4 Å². The lowest BCUT2D eigenvalue weighted by atomic mass is 9.68.